The molecule has 0 fully saturated rings. The molecule has 0 radical (unpaired) electrons. The van der Waals surface area contributed by atoms with Crippen LogP contribution in [0.2, 0.25) is 15.2 Å². The largest absolute Gasteiger partial charge is 0.394 e. The highest BCUT2D eigenvalue weighted by molar-refractivity contribution is 9.10. The van der Waals surface area contributed by atoms with E-state index in [1.54, 1.807) is 30.6 Å². The lowest BCUT2D eigenvalue weighted by Crippen LogP contribution is -2.14. The number of halogens is 5. The minimum Gasteiger partial charge on any atom is -0.394 e. The van der Waals surface area contributed by atoms with Gasteiger partial charge < -0.3 is 15.7 Å². The van der Waals surface area contributed by atoms with Crippen LogP contribution in [0, 0.1) is 17.1 Å². The van der Waals surface area contributed by atoms with Crippen LogP contribution in [0.25, 0.3) is 10.9 Å². The molecule has 0 bridgehead atoms. The molecule has 2 aromatic carbocycles. The summed E-state index contributed by atoms with van der Waals surface area (Å²) in [6.45, 7) is 0.153. The van der Waals surface area contributed by atoms with Gasteiger partial charge in [0.15, 0.2) is 0 Å². The number of fused-ring (bicyclic) bond motifs is 1. The Morgan fingerprint density at radius 3 is 2.62 bits per heavy atom. The summed E-state index contributed by atoms with van der Waals surface area (Å²) in [7, 11) is 0. The maximum Gasteiger partial charge on any atom is 0.141 e. The molecule has 3 heterocycles. The molecule has 0 amide bonds. The third kappa shape index (κ3) is 5.82. The van der Waals surface area contributed by atoms with Crippen LogP contribution >= 0.6 is 50.7 Å². The number of benzene rings is 2. The number of rotatable bonds is 8. The Labute approximate surface area is 250 Å². The highest BCUT2D eigenvalue weighted by Crippen LogP contribution is 2.38. The van der Waals surface area contributed by atoms with Crippen LogP contribution < -0.4 is 10.6 Å². The summed E-state index contributed by atoms with van der Waals surface area (Å²) in [6, 6.07) is 10.9. The van der Waals surface area contributed by atoms with Crippen molar-refractivity contribution in [1.82, 2.24) is 25.0 Å². The maximum absolute atomic E-state index is 13.8. The Bertz CT molecular complexity index is 1780. The Balaban J connectivity index is 1.63. The van der Waals surface area contributed by atoms with Gasteiger partial charge in [-0.25, -0.2) is 14.1 Å². The molecule has 1 unspecified atom stereocenters. The van der Waals surface area contributed by atoms with Crippen molar-refractivity contribution in [3.63, 3.8) is 0 Å². The monoisotopic (exact) mass is 660 g/mol. The standard InChI is InChI=1S/C26H17BrCl3FN8O/c27-14-5-18(26(30)34-11-14)25(22-12-39(3-4-40)38-37-22)36-16-6-17-23(35-15-1-2-21(31)19(28)7-15)13(9-32)10-33-24(17)20(29)8-16/h1-2,5-8,10-12,25,36,40H,3-4H2,(H,33,35). The summed E-state index contributed by atoms with van der Waals surface area (Å²) >= 11 is 22.6. The van der Waals surface area contributed by atoms with Crippen molar-refractivity contribution in [3.05, 3.63) is 97.3 Å². The van der Waals surface area contributed by atoms with E-state index in [1.165, 1.54) is 29.1 Å². The maximum atomic E-state index is 13.8. The van der Waals surface area contributed by atoms with Crippen LogP contribution in [-0.2, 0) is 6.54 Å². The van der Waals surface area contributed by atoms with Gasteiger partial charge in [-0.15, -0.1) is 5.10 Å². The van der Waals surface area contributed by atoms with E-state index in [4.69, 9.17) is 34.8 Å². The number of nitriles is 1. The fourth-order valence-electron chi connectivity index (χ4n) is 4.06. The van der Waals surface area contributed by atoms with Crippen LogP contribution in [0.3, 0.4) is 0 Å². The molecule has 202 valence electrons. The molecule has 40 heavy (non-hydrogen) atoms. The minimum absolute atomic E-state index is 0.0705. The van der Waals surface area contributed by atoms with E-state index in [0.29, 0.717) is 48.7 Å². The van der Waals surface area contributed by atoms with Gasteiger partial charge in [-0.2, -0.15) is 5.26 Å². The van der Waals surface area contributed by atoms with Gasteiger partial charge >= 0.3 is 0 Å². The third-order valence-corrected chi connectivity index (χ3v) is 7.20. The molecule has 5 aromatic rings. The molecule has 0 aliphatic carbocycles. The van der Waals surface area contributed by atoms with Gasteiger partial charge in [0.1, 0.15) is 28.8 Å². The van der Waals surface area contributed by atoms with Gasteiger partial charge in [0.05, 0.1) is 46.2 Å². The fraction of sp³-hybridized carbons (Fsp3) is 0.115. The predicted molar refractivity (Wildman–Crippen MR) is 156 cm³/mol. The van der Waals surface area contributed by atoms with E-state index < -0.39 is 11.9 Å². The molecule has 9 nitrogen and oxygen atoms in total. The summed E-state index contributed by atoms with van der Waals surface area (Å²) in [5.74, 6) is -0.565. The quantitative estimate of drug-likeness (QED) is 0.154. The van der Waals surface area contributed by atoms with Crippen LogP contribution in [0.4, 0.5) is 21.5 Å². The number of hydrogen-bond acceptors (Lipinski definition) is 8. The van der Waals surface area contributed by atoms with E-state index in [0.717, 1.165) is 0 Å². The first-order valence-electron chi connectivity index (χ1n) is 11.6. The van der Waals surface area contributed by atoms with E-state index in [2.05, 4.69) is 52.9 Å². The van der Waals surface area contributed by atoms with Crippen molar-refractivity contribution < 1.29 is 9.50 Å². The molecule has 0 saturated heterocycles. The van der Waals surface area contributed by atoms with Crippen LogP contribution in [-0.4, -0.2) is 36.7 Å². The van der Waals surface area contributed by atoms with Gasteiger partial charge in [0, 0.05) is 39.2 Å². The number of aromatic nitrogens is 5. The molecule has 5 rings (SSSR count). The van der Waals surface area contributed by atoms with Gasteiger partial charge in [-0.3, -0.25) is 4.98 Å². The summed E-state index contributed by atoms with van der Waals surface area (Å²) in [5, 5.41) is 35.0. The van der Waals surface area contributed by atoms with Crippen molar-refractivity contribution in [2.24, 2.45) is 0 Å². The summed E-state index contributed by atoms with van der Waals surface area (Å²) in [4.78, 5) is 8.61. The Morgan fingerprint density at radius 2 is 1.88 bits per heavy atom. The predicted octanol–water partition coefficient (Wildman–Crippen LogP) is 6.89. The van der Waals surface area contributed by atoms with E-state index in [1.807, 2.05) is 0 Å². The molecule has 0 spiro atoms. The molecule has 14 heteroatoms. The fourth-order valence-corrected chi connectivity index (χ4v) is 5.07. The smallest absolute Gasteiger partial charge is 0.141 e. The Hall–Kier alpha value is -3.53. The average molecular weight is 663 g/mol. The van der Waals surface area contributed by atoms with E-state index in [-0.39, 0.29) is 28.9 Å². The molecular formula is C26H17BrCl3FN8O. The number of aliphatic hydroxyl groups is 1. The summed E-state index contributed by atoms with van der Waals surface area (Å²) < 4.78 is 16.0. The second-order valence-electron chi connectivity index (χ2n) is 8.51. The molecule has 0 saturated carbocycles. The lowest BCUT2D eigenvalue weighted by Gasteiger charge is -2.21. The normalized spacial score (nSPS) is 11.8. The van der Waals surface area contributed by atoms with Gasteiger partial charge in [-0.1, -0.05) is 40.0 Å². The highest BCUT2D eigenvalue weighted by Gasteiger charge is 2.23. The van der Waals surface area contributed by atoms with Crippen molar-refractivity contribution in [1.29, 1.82) is 5.26 Å². The van der Waals surface area contributed by atoms with Crippen molar-refractivity contribution in [2.45, 2.75) is 12.6 Å². The highest BCUT2D eigenvalue weighted by atomic mass is 79.9. The van der Waals surface area contributed by atoms with Crippen molar-refractivity contribution in [3.8, 4) is 6.07 Å². The first-order valence-corrected chi connectivity index (χ1v) is 13.5. The first kappa shape index (κ1) is 28.0. The number of nitrogens with zero attached hydrogens (tertiary/aromatic N) is 6. The lowest BCUT2D eigenvalue weighted by atomic mass is 10.0. The average Bonchev–Trinajstić information content (AvgIpc) is 3.40. The van der Waals surface area contributed by atoms with E-state index in [9.17, 15) is 14.8 Å². The van der Waals surface area contributed by atoms with E-state index >= 15 is 0 Å². The summed E-state index contributed by atoms with van der Waals surface area (Å²) in [6.07, 6.45) is 4.67. The van der Waals surface area contributed by atoms with Gasteiger partial charge in [-0.05, 0) is 52.3 Å². The van der Waals surface area contributed by atoms with Crippen LogP contribution in [0.5, 0.6) is 0 Å². The van der Waals surface area contributed by atoms with Gasteiger partial charge in [0.2, 0.25) is 0 Å². The number of anilines is 3. The van der Waals surface area contributed by atoms with Crippen LogP contribution in [0.15, 0.2) is 59.5 Å². The minimum atomic E-state index is -0.627. The third-order valence-electron chi connectivity index (χ3n) is 5.87. The van der Waals surface area contributed by atoms with Crippen molar-refractivity contribution in [2.75, 3.05) is 17.2 Å². The summed E-state index contributed by atoms with van der Waals surface area (Å²) in [5.41, 5.74) is 3.22. The van der Waals surface area contributed by atoms with Crippen molar-refractivity contribution >= 4 is 78.7 Å². The zero-order chi connectivity index (χ0) is 28.4. The number of pyridine rings is 2. The first-order chi connectivity index (χ1) is 19.3. The molecule has 0 aliphatic rings. The second-order valence-corrected chi connectivity index (χ2v) is 10.6. The molecule has 0 aliphatic heterocycles. The molecule has 3 aromatic heterocycles. The van der Waals surface area contributed by atoms with Crippen LogP contribution in [0.1, 0.15) is 22.9 Å². The zero-order valence-electron chi connectivity index (χ0n) is 20.2. The lowest BCUT2D eigenvalue weighted by molar-refractivity contribution is 0.268. The number of aliphatic hydroxyl groups excluding tert-OH is 1. The topological polar surface area (TPSA) is 125 Å². The Kier molecular flexibility index (Phi) is 8.35. The number of hydrogen-bond donors (Lipinski definition) is 3. The number of nitrogens with one attached hydrogen (secondary N) is 2. The molecule has 1 atom stereocenters. The van der Waals surface area contributed by atoms with Gasteiger partial charge in [0.25, 0.3) is 0 Å². The zero-order valence-corrected chi connectivity index (χ0v) is 24.1. The molecule has 3 N–H and O–H groups in total. The SMILES string of the molecule is N#Cc1cnc2c(Cl)cc(NC(c3cn(CCO)nn3)c3cc(Br)cnc3Cl)cc2c1Nc1ccc(F)c(Cl)c1. The molecular weight excluding hydrogens is 646 g/mol. The second kappa shape index (κ2) is 11.9. The Morgan fingerprint density at radius 1 is 1.07 bits per heavy atom.